The van der Waals surface area contributed by atoms with Crippen molar-refractivity contribution in [1.82, 2.24) is 0 Å². The number of hydrogen-bond donors (Lipinski definition) is 2. The second-order valence-corrected chi connectivity index (χ2v) is 6.04. The fraction of sp³-hybridized carbons (Fsp3) is 0.250. The van der Waals surface area contributed by atoms with Crippen LogP contribution in [-0.2, 0) is 11.2 Å². The van der Waals surface area contributed by atoms with Crippen LogP contribution in [0.5, 0.6) is 0 Å². The van der Waals surface area contributed by atoms with Gasteiger partial charge in [-0.25, -0.2) is 0 Å². The molecule has 0 spiro atoms. The molecule has 2 nitrogen and oxygen atoms in total. The predicted molar refractivity (Wildman–Crippen MR) is 82.0 cm³/mol. The molecule has 2 rings (SSSR count). The van der Waals surface area contributed by atoms with E-state index in [4.69, 9.17) is 23.2 Å². The molecule has 0 heterocycles. The van der Waals surface area contributed by atoms with E-state index in [1.165, 1.54) is 0 Å². The molecule has 2 N–H and O–H groups in total. The molecule has 2 aromatic carbocycles. The van der Waals surface area contributed by atoms with Crippen LogP contribution in [0.25, 0.3) is 0 Å². The molecule has 0 aromatic heterocycles. The minimum atomic E-state index is -1.51. The molecule has 20 heavy (non-hydrogen) atoms. The number of hydrogen-bond acceptors (Lipinski definition) is 2. The Morgan fingerprint density at radius 1 is 0.750 bits per heavy atom. The highest BCUT2D eigenvalue weighted by molar-refractivity contribution is 6.30. The van der Waals surface area contributed by atoms with Crippen LogP contribution in [0.4, 0.5) is 0 Å². The second-order valence-electron chi connectivity index (χ2n) is 5.17. The monoisotopic (exact) mass is 310 g/mol. The van der Waals surface area contributed by atoms with E-state index in [0.717, 1.165) is 0 Å². The third-order valence-corrected chi connectivity index (χ3v) is 4.19. The zero-order valence-corrected chi connectivity index (χ0v) is 12.8. The minimum absolute atomic E-state index is 0.504. The Kier molecular flexibility index (Phi) is 4.12. The van der Waals surface area contributed by atoms with Crippen LogP contribution < -0.4 is 0 Å². The molecule has 0 bridgehead atoms. The number of benzene rings is 2. The van der Waals surface area contributed by atoms with Gasteiger partial charge in [0, 0.05) is 10.0 Å². The molecule has 0 saturated carbocycles. The molecule has 4 heteroatoms. The zero-order chi connectivity index (χ0) is 15.0. The maximum atomic E-state index is 10.8. The quantitative estimate of drug-likeness (QED) is 0.895. The first-order chi connectivity index (χ1) is 9.25. The fourth-order valence-electron chi connectivity index (χ4n) is 2.14. The van der Waals surface area contributed by atoms with Crippen molar-refractivity contribution in [2.24, 2.45) is 0 Å². The summed E-state index contributed by atoms with van der Waals surface area (Å²) in [6.45, 7) is 3.11. The highest BCUT2D eigenvalue weighted by atomic mass is 35.5. The van der Waals surface area contributed by atoms with Crippen molar-refractivity contribution in [3.8, 4) is 0 Å². The third kappa shape index (κ3) is 2.70. The van der Waals surface area contributed by atoms with Crippen LogP contribution in [0, 0.1) is 0 Å². The van der Waals surface area contributed by atoms with Gasteiger partial charge in [-0.05, 0) is 49.2 Å². The summed E-state index contributed by atoms with van der Waals surface area (Å²) >= 11 is 11.9. The van der Waals surface area contributed by atoms with Gasteiger partial charge < -0.3 is 10.2 Å². The lowest BCUT2D eigenvalue weighted by molar-refractivity contribution is -0.143. The molecular weight excluding hydrogens is 295 g/mol. The molecule has 0 saturated heterocycles. The predicted octanol–water partition coefficient (Wildman–Crippen LogP) is 4.11. The van der Waals surface area contributed by atoms with Gasteiger partial charge in [0.25, 0.3) is 0 Å². The van der Waals surface area contributed by atoms with E-state index in [0.29, 0.717) is 21.2 Å². The molecule has 106 valence electrons. The lowest BCUT2D eigenvalue weighted by Gasteiger charge is -2.39. The summed E-state index contributed by atoms with van der Waals surface area (Å²) in [6, 6.07) is 13.6. The molecule has 2 aromatic rings. The van der Waals surface area contributed by atoms with Gasteiger partial charge >= 0.3 is 0 Å². The minimum Gasteiger partial charge on any atom is -0.382 e. The smallest absolute Gasteiger partial charge is 0.119 e. The standard InChI is InChI=1S/C16H16Cl2O2/c1-15(19,11-5-3-7-13(17)9-11)16(2,20)12-6-4-8-14(18)10-12/h3-10,19-20H,1-2H3/t15-,16-/m1/s1. The van der Waals surface area contributed by atoms with Crippen molar-refractivity contribution in [1.29, 1.82) is 0 Å². The van der Waals surface area contributed by atoms with E-state index in [2.05, 4.69) is 0 Å². The highest BCUT2D eigenvalue weighted by Crippen LogP contribution is 2.41. The molecule has 0 radical (unpaired) electrons. The van der Waals surface area contributed by atoms with Gasteiger partial charge in [-0.15, -0.1) is 0 Å². The van der Waals surface area contributed by atoms with E-state index in [1.54, 1.807) is 62.4 Å². The molecule has 0 amide bonds. The largest absolute Gasteiger partial charge is 0.382 e. The van der Waals surface area contributed by atoms with Crippen LogP contribution in [0.1, 0.15) is 25.0 Å². The summed E-state index contributed by atoms with van der Waals surface area (Å²) in [5.74, 6) is 0. The summed E-state index contributed by atoms with van der Waals surface area (Å²) in [4.78, 5) is 0. The van der Waals surface area contributed by atoms with E-state index in [-0.39, 0.29) is 0 Å². The van der Waals surface area contributed by atoms with Gasteiger partial charge in [-0.3, -0.25) is 0 Å². The number of halogens is 2. The SMILES string of the molecule is C[C@@](O)(c1cccc(Cl)c1)[C@](C)(O)c1cccc(Cl)c1. The summed E-state index contributed by atoms with van der Waals surface area (Å²) in [5, 5.41) is 22.7. The van der Waals surface area contributed by atoms with E-state index in [9.17, 15) is 10.2 Å². The van der Waals surface area contributed by atoms with Crippen molar-refractivity contribution in [3.05, 3.63) is 69.7 Å². The molecule has 0 fully saturated rings. The Labute approximate surface area is 128 Å². The first kappa shape index (κ1) is 15.3. The second kappa shape index (κ2) is 5.38. The van der Waals surface area contributed by atoms with E-state index in [1.807, 2.05) is 0 Å². The van der Waals surface area contributed by atoms with Gasteiger partial charge in [0.2, 0.25) is 0 Å². The fourth-order valence-corrected chi connectivity index (χ4v) is 2.53. The summed E-state index contributed by atoms with van der Waals surface area (Å²) in [5.41, 5.74) is -1.95. The van der Waals surface area contributed by atoms with Gasteiger partial charge in [-0.2, -0.15) is 0 Å². The van der Waals surface area contributed by atoms with E-state index < -0.39 is 11.2 Å². The van der Waals surface area contributed by atoms with Crippen molar-refractivity contribution in [3.63, 3.8) is 0 Å². The van der Waals surface area contributed by atoms with Crippen molar-refractivity contribution in [2.75, 3.05) is 0 Å². The van der Waals surface area contributed by atoms with Gasteiger partial charge in [0.15, 0.2) is 0 Å². The van der Waals surface area contributed by atoms with Crippen molar-refractivity contribution >= 4 is 23.2 Å². The number of rotatable bonds is 3. The maximum absolute atomic E-state index is 10.8. The summed E-state index contributed by atoms with van der Waals surface area (Å²) in [7, 11) is 0. The first-order valence-electron chi connectivity index (χ1n) is 6.22. The molecule has 2 atom stereocenters. The average molecular weight is 311 g/mol. The van der Waals surface area contributed by atoms with Crippen LogP contribution in [-0.4, -0.2) is 10.2 Å². The van der Waals surface area contributed by atoms with Crippen LogP contribution in [0.2, 0.25) is 10.0 Å². The molecule has 0 aliphatic heterocycles. The van der Waals surface area contributed by atoms with Crippen LogP contribution in [0.15, 0.2) is 48.5 Å². The normalized spacial score (nSPS) is 17.3. The lowest BCUT2D eigenvalue weighted by atomic mass is 9.76. The van der Waals surface area contributed by atoms with Crippen molar-refractivity contribution in [2.45, 2.75) is 25.0 Å². The van der Waals surface area contributed by atoms with Gasteiger partial charge in [0.05, 0.1) is 0 Å². The van der Waals surface area contributed by atoms with E-state index >= 15 is 0 Å². The van der Waals surface area contributed by atoms with Crippen molar-refractivity contribution < 1.29 is 10.2 Å². The molecule has 0 aliphatic rings. The summed E-state index contributed by atoms with van der Waals surface area (Å²) < 4.78 is 0. The van der Waals surface area contributed by atoms with Crippen LogP contribution >= 0.6 is 23.2 Å². The number of aliphatic hydroxyl groups is 2. The lowest BCUT2D eigenvalue weighted by Crippen LogP contribution is -2.45. The van der Waals surface area contributed by atoms with Gasteiger partial charge in [0.1, 0.15) is 11.2 Å². The highest BCUT2D eigenvalue weighted by Gasteiger charge is 2.44. The maximum Gasteiger partial charge on any atom is 0.119 e. The first-order valence-corrected chi connectivity index (χ1v) is 6.97. The Hall–Kier alpha value is -1.06. The van der Waals surface area contributed by atoms with Crippen LogP contribution in [0.3, 0.4) is 0 Å². The Bertz CT molecular complexity index is 566. The summed E-state index contributed by atoms with van der Waals surface area (Å²) in [6.07, 6.45) is 0. The molecular formula is C16H16Cl2O2. The average Bonchev–Trinajstić information content (AvgIpc) is 2.38. The van der Waals surface area contributed by atoms with Gasteiger partial charge in [-0.1, -0.05) is 47.5 Å². The Morgan fingerprint density at radius 2 is 1.10 bits per heavy atom. The topological polar surface area (TPSA) is 40.5 Å². The Morgan fingerprint density at radius 3 is 1.40 bits per heavy atom. The molecule has 0 unspecified atom stereocenters. The zero-order valence-electron chi connectivity index (χ0n) is 11.3. The molecule has 0 aliphatic carbocycles. The third-order valence-electron chi connectivity index (χ3n) is 3.72. The Balaban J connectivity index is 2.51.